The Kier molecular flexibility index (Phi) is 6.88. The number of rotatable bonds is 8. The molecule has 0 radical (unpaired) electrons. The summed E-state index contributed by atoms with van der Waals surface area (Å²) < 4.78 is 23.1. The molecule has 2 atom stereocenters. The summed E-state index contributed by atoms with van der Waals surface area (Å²) >= 11 is 0. The van der Waals surface area contributed by atoms with E-state index in [1.54, 1.807) is 37.3 Å². The summed E-state index contributed by atoms with van der Waals surface area (Å²) in [5.41, 5.74) is -1.30. The standard InChI is InChI=1S/C13H19O6P/c1-2-19-20(17,11-6-4-3-5-7-11)12(10-15)13(16)18-9-8-14/h3-7,12,14-15H,2,8-10H2,1H3. The Hall–Kier alpha value is -1.20. The van der Waals surface area contributed by atoms with Crippen LogP contribution in [0.5, 0.6) is 0 Å². The fraction of sp³-hybridized carbons (Fsp3) is 0.462. The van der Waals surface area contributed by atoms with Crippen LogP contribution in [-0.2, 0) is 18.6 Å². The van der Waals surface area contributed by atoms with E-state index in [1.165, 1.54) is 0 Å². The molecule has 7 heteroatoms. The fourth-order valence-electron chi connectivity index (χ4n) is 1.74. The molecule has 0 saturated carbocycles. The van der Waals surface area contributed by atoms with Crippen molar-refractivity contribution >= 4 is 18.6 Å². The minimum absolute atomic E-state index is 0.135. The van der Waals surface area contributed by atoms with Crippen LogP contribution in [0.1, 0.15) is 6.92 Å². The van der Waals surface area contributed by atoms with Crippen molar-refractivity contribution in [1.82, 2.24) is 0 Å². The number of carbonyl (C=O) groups excluding carboxylic acids is 1. The van der Waals surface area contributed by atoms with E-state index in [1.807, 2.05) is 0 Å². The topological polar surface area (TPSA) is 93.1 Å². The molecule has 1 aromatic carbocycles. The van der Waals surface area contributed by atoms with Crippen LogP contribution >= 0.6 is 7.37 Å². The third kappa shape index (κ3) is 3.90. The summed E-state index contributed by atoms with van der Waals surface area (Å²) in [6, 6.07) is 8.26. The Morgan fingerprint density at radius 2 is 1.95 bits per heavy atom. The van der Waals surface area contributed by atoms with Gasteiger partial charge in [0.1, 0.15) is 6.61 Å². The molecule has 0 bridgehead atoms. The normalized spacial score (nSPS) is 15.3. The van der Waals surface area contributed by atoms with Crippen LogP contribution in [0.15, 0.2) is 30.3 Å². The zero-order chi connectivity index (χ0) is 15.0. The van der Waals surface area contributed by atoms with Gasteiger partial charge in [-0.25, -0.2) is 0 Å². The van der Waals surface area contributed by atoms with Crippen molar-refractivity contribution < 1.29 is 28.8 Å². The molecule has 112 valence electrons. The van der Waals surface area contributed by atoms with Gasteiger partial charge >= 0.3 is 5.97 Å². The molecule has 2 N–H and O–H groups in total. The van der Waals surface area contributed by atoms with Crippen molar-refractivity contribution in [2.24, 2.45) is 0 Å². The quantitative estimate of drug-likeness (QED) is 0.537. The third-order valence-electron chi connectivity index (χ3n) is 2.63. The molecule has 0 heterocycles. The molecule has 6 nitrogen and oxygen atoms in total. The minimum atomic E-state index is -3.58. The summed E-state index contributed by atoms with van der Waals surface area (Å²) in [5, 5.41) is 18.4. The molecule has 0 amide bonds. The molecule has 2 unspecified atom stereocenters. The lowest BCUT2D eigenvalue weighted by molar-refractivity contribution is -0.145. The number of benzene rings is 1. The Balaban J connectivity index is 3.09. The van der Waals surface area contributed by atoms with E-state index in [4.69, 9.17) is 14.4 Å². The van der Waals surface area contributed by atoms with Crippen molar-refractivity contribution in [3.05, 3.63) is 30.3 Å². The van der Waals surface area contributed by atoms with Gasteiger partial charge in [0, 0.05) is 5.30 Å². The molecular formula is C13H19O6P. The molecule has 0 aliphatic rings. The van der Waals surface area contributed by atoms with Gasteiger partial charge in [-0.2, -0.15) is 0 Å². The molecule has 0 fully saturated rings. The molecule has 0 spiro atoms. The molecule has 0 aromatic heterocycles. The molecular weight excluding hydrogens is 283 g/mol. The Morgan fingerprint density at radius 1 is 1.30 bits per heavy atom. The zero-order valence-electron chi connectivity index (χ0n) is 11.3. The summed E-state index contributed by atoms with van der Waals surface area (Å²) in [6.07, 6.45) is 0. The minimum Gasteiger partial charge on any atom is -0.463 e. The maximum absolute atomic E-state index is 13.0. The van der Waals surface area contributed by atoms with Gasteiger partial charge in [-0.1, -0.05) is 18.2 Å². The predicted molar refractivity (Wildman–Crippen MR) is 74.2 cm³/mol. The SMILES string of the molecule is CCOP(=O)(c1ccccc1)C(CO)C(=O)OCCO. The first-order chi connectivity index (χ1) is 9.60. The first-order valence-corrected chi connectivity index (χ1v) is 7.97. The molecule has 0 saturated heterocycles. The lowest BCUT2D eigenvalue weighted by Gasteiger charge is -2.24. The van der Waals surface area contributed by atoms with Gasteiger partial charge in [-0.15, -0.1) is 0 Å². The van der Waals surface area contributed by atoms with Crippen LogP contribution in [0.2, 0.25) is 0 Å². The van der Waals surface area contributed by atoms with Gasteiger partial charge in [0.25, 0.3) is 0 Å². The van der Waals surface area contributed by atoms with Crippen LogP contribution in [0.4, 0.5) is 0 Å². The molecule has 1 aromatic rings. The van der Waals surface area contributed by atoms with Crippen LogP contribution in [0.25, 0.3) is 0 Å². The number of carbonyl (C=O) groups is 1. The first-order valence-electron chi connectivity index (χ1n) is 6.28. The second kappa shape index (κ2) is 8.17. The Bertz CT molecular complexity index is 461. The number of ether oxygens (including phenoxy) is 1. The highest BCUT2D eigenvalue weighted by atomic mass is 31.2. The summed E-state index contributed by atoms with van der Waals surface area (Å²) in [5.74, 6) is -0.845. The van der Waals surface area contributed by atoms with Crippen LogP contribution in [0, 0.1) is 0 Å². The molecule has 0 aliphatic heterocycles. The molecule has 20 heavy (non-hydrogen) atoms. The van der Waals surface area contributed by atoms with E-state index in [9.17, 15) is 14.5 Å². The van der Waals surface area contributed by atoms with Crippen molar-refractivity contribution in [1.29, 1.82) is 0 Å². The maximum Gasteiger partial charge on any atom is 0.321 e. The summed E-state index contributed by atoms with van der Waals surface area (Å²) in [7, 11) is -3.58. The van der Waals surface area contributed by atoms with E-state index in [2.05, 4.69) is 0 Å². The lowest BCUT2D eigenvalue weighted by Crippen LogP contribution is -2.32. The highest BCUT2D eigenvalue weighted by Gasteiger charge is 2.41. The smallest absolute Gasteiger partial charge is 0.321 e. The third-order valence-corrected chi connectivity index (χ3v) is 5.48. The largest absolute Gasteiger partial charge is 0.463 e. The summed E-state index contributed by atoms with van der Waals surface area (Å²) in [6.45, 7) is 0.583. The molecule has 1 rings (SSSR count). The van der Waals surface area contributed by atoms with Gasteiger partial charge in [0.05, 0.1) is 19.8 Å². The van der Waals surface area contributed by atoms with Gasteiger partial charge in [0.15, 0.2) is 5.66 Å². The second-order valence-electron chi connectivity index (χ2n) is 3.94. The fourth-order valence-corrected chi connectivity index (χ4v) is 3.96. The first kappa shape index (κ1) is 16.9. The van der Waals surface area contributed by atoms with Gasteiger partial charge < -0.3 is 19.5 Å². The monoisotopic (exact) mass is 302 g/mol. The Labute approximate surface area is 117 Å². The van der Waals surface area contributed by atoms with Gasteiger partial charge in [-0.3, -0.25) is 9.36 Å². The van der Waals surface area contributed by atoms with Crippen molar-refractivity contribution in [2.45, 2.75) is 12.6 Å². The number of hydrogen-bond acceptors (Lipinski definition) is 6. The van der Waals surface area contributed by atoms with Crippen molar-refractivity contribution in [3.8, 4) is 0 Å². The van der Waals surface area contributed by atoms with Crippen LogP contribution < -0.4 is 5.30 Å². The highest BCUT2D eigenvalue weighted by molar-refractivity contribution is 7.68. The maximum atomic E-state index is 13.0. The predicted octanol–water partition coefficient (Wildman–Crippen LogP) is 0.523. The van der Waals surface area contributed by atoms with Crippen LogP contribution in [-0.4, -0.2) is 48.3 Å². The van der Waals surface area contributed by atoms with E-state index in [-0.39, 0.29) is 19.8 Å². The lowest BCUT2D eigenvalue weighted by atomic mass is 10.4. The van der Waals surface area contributed by atoms with E-state index < -0.39 is 25.6 Å². The number of hydrogen-bond donors (Lipinski definition) is 2. The number of aliphatic hydroxyl groups excluding tert-OH is 2. The van der Waals surface area contributed by atoms with E-state index in [0.717, 1.165) is 0 Å². The molecule has 0 aliphatic carbocycles. The van der Waals surface area contributed by atoms with Crippen LogP contribution in [0.3, 0.4) is 0 Å². The number of esters is 1. The Morgan fingerprint density at radius 3 is 2.45 bits per heavy atom. The average molecular weight is 302 g/mol. The summed E-state index contributed by atoms with van der Waals surface area (Å²) in [4.78, 5) is 11.9. The van der Waals surface area contributed by atoms with Crippen molar-refractivity contribution in [3.63, 3.8) is 0 Å². The number of aliphatic hydroxyl groups is 2. The average Bonchev–Trinajstić information content (AvgIpc) is 2.47. The van der Waals surface area contributed by atoms with Gasteiger partial charge in [-0.05, 0) is 19.1 Å². The van der Waals surface area contributed by atoms with Gasteiger partial charge in [0.2, 0.25) is 7.37 Å². The second-order valence-corrected chi connectivity index (χ2v) is 6.53. The van der Waals surface area contributed by atoms with E-state index >= 15 is 0 Å². The highest BCUT2D eigenvalue weighted by Crippen LogP contribution is 2.51. The van der Waals surface area contributed by atoms with E-state index in [0.29, 0.717) is 5.30 Å². The van der Waals surface area contributed by atoms with Crippen molar-refractivity contribution in [2.75, 3.05) is 26.4 Å². The zero-order valence-corrected chi connectivity index (χ0v) is 12.2.